The number of hydrogen-bond donors (Lipinski definition) is 0. The maximum Gasteiger partial charge on any atom is 0.0227 e. The largest absolute Gasteiger partial charge is 0.375 e. The molecule has 0 atom stereocenters. The molecule has 0 aromatic carbocycles. The van der Waals surface area contributed by atoms with E-state index in [9.17, 15) is 0 Å². The lowest BCUT2D eigenvalue weighted by molar-refractivity contribution is 0.216. The summed E-state index contributed by atoms with van der Waals surface area (Å²) in [4.78, 5) is 2.26. The van der Waals surface area contributed by atoms with Crippen LogP contribution in [0.1, 0.15) is 34.6 Å². The van der Waals surface area contributed by atoms with Crippen LogP contribution < -0.4 is 0 Å². The van der Waals surface area contributed by atoms with Crippen molar-refractivity contribution in [1.82, 2.24) is 4.90 Å². The Bertz CT molecular complexity index is 119. The van der Waals surface area contributed by atoms with Gasteiger partial charge in [-0.3, -0.25) is 0 Å². The SMILES string of the molecule is C=CN(CC(C)(C)C)C(C)C. The van der Waals surface area contributed by atoms with E-state index < -0.39 is 0 Å². The lowest BCUT2D eigenvalue weighted by atomic mass is 9.96. The maximum absolute atomic E-state index is 3.79. The Hall–Kier alpha value is -0.460. The molecule has 1 nitrogen and oxygen atoms in total. The van der Waals surface area contributed by atoms with Gasteiger partial charge in [0.1, 0.15) is 0 Å². The summed E-state index contributed by atoms with van der Waals surface area (Å²) >= 11 is 0. The molecule has 0 radical (unpaired) electrons. The molecule has 0 aliphatic carbocycles. The summed E-state index contributed by atoms with van der Waals surface area (Å²) in [7, 11) is 0. The first-order valence-corrected chi connectivity index (χ1v) is 4.25. The Morgan fingerprint density at radius 3 is 1.91 bits per heavy atom. The summed E-state index contributed by atoms with van der Waals surface area (Å²) in [5.41, 5.74) is 0.360. The van der Waals surface area contributed by atoms with Gasteiger partial charge in [-0.1, -0.05) is 27.4 Å². The summed E-state index contributed by atoms with van der Waals surface area (Å²) in [6.45, 7) is 16.0. The van der Waals surface area contributed by atoms with Crippen molar-refractivity contribution in [3.8, 4) is 0 Å². The van der Waals surface area contributed by atoms with Crippen molar-refractivity contribution >= 4 is 0 Å². The molecule has 66 valence electrons. The van der Waals surface area contributed by atoms with Gasteiger partial charge in [0.15, 0.2) is 0 Å². The van der Waals surface area contributed by atoms with Crippen LogP contribution in [0.5, 0.6) is 0 Å². The molecule has 0 bridgehead atoms. The molecule has 0 amide bonds. The van der Waals surface area contributed by atoms with Gasteiger partial charge in [-0.15, -0.1) is 0 Å². The maximum atomic E-state index is 3.79. The fourth-order valence-corrected chi connectivity index (χ4v) is 1.01. The quantitative estimate of drug-likeness (QED) is 0.605. The standard InChI is InChI=1S/C10H21N/c1-7-11(9(2)3)8-10(4,5)6/h7,9H,1,8H2,2-6H3. The second-order valence-corrected chi connectivity index (χ2v) is 4.51. The highest BCUT2D eigenvalue weighted by molar-refractivity contribution is 4.79. The van der Waals surface area contributed by atoms with Crippen molar-refractivity contribution in [3.63, 3.8) is 0 Å². The van der Waals surface area contributed by atoms with Crippen molar-refractivity contribution in [2.45, 2.75) is 40.7 Å². The lowest BCUT2D eigenvalue weighted by Crippen LogP contribution is -2.33. The van der Waals surface area contributed by atoms with E-state index in [1.165, 1.54) is 0 Å². The molecule has 0 aromatic rings. The van der Waals surface area contributed by atoms with Crippen LogP contribution in [0.25, 0.3) is 0 Å². The van der Waals surface area contributed by atoms with E-state index >= 15 is 0 Å². The number of rotatable bonds is 3. The second-order valence-electron chi connectivity index (χ2n) is 4.51. The Morgan fingerprint density at radius 2 is 1.82 bits per heavy atom. The van der Waals surface area contributed by atoms with Crippen LogP contribution in [-0.2, 0) is 0 Å². The third-order valence-corrected chi connectivity index (χ3v) is 1.55. The molecule has 0 aromatic heterocycles. The van der Waals surface area contributed by atoms with Gasteiger partial charge in [0.2, 0.25) is 0 Å². The summed E-state index contributed by atoms with van der Waals surface area (Å²) in [5.74, 6) is 0. The van der Waals surface area contributed by atoms with Gasteiger partial charge in [-0.25, -0.2) is 0 Å². The predicted molar refractivity (Wildman–Crippen MR) is 51.5 cm³/mol. The molecule has 0 saturated carbocycles. The van der Waals surface area contributed by atoms with Crippen molar-refractivity contribution in [2.24, 2.45) is 5.41 Å². The highest BCUT2D eigenvalue weighted by Crippen LogP contribution is 2.16. The van der Waals surface area contributed by atoms with Crippen molar-refractivity contribution < 1.29 is 0 Å². The van der Waals surface area contributed by atoms with E-state index in [0.29, 0.717) is 11.5 Å². The van der Waals surface area contributed by atoms with Gasteiger partial charge < -0.3 is 4.90 Å². The van der Waals surface area contributed by atoms with Crippen molar-refractivity contribution in [1.29, 1.82) is 0 Å². The molecule has 0 fully saturated rings. The Morgan fingerprint density at radius 1 is 1.36 bits per heavy atom. The van der Waals surface area contributed by atoms with E-state index in [1.807, 2.05) is 6.20 Å². The van der Waals surface area contributed by atoms with Crippen LogP contribution in [0, 0.1) is 5.41 Å². The monoisotopic (exact) mass is 155 g/mol. The average Bonchev–Trinajstić information content (AvgIpc) is 1.80. The van der Waals surface area contributed by atoms with Gasteiger partial charge in [-0.05, 0) is 25.5 Å². The van der Waals surface area contributed by atoms with E-state index in [-0.39, 0.29) is 0 Å². The highest BCUT2D eigenvalue weighted by atomic mass is 15.1. The molecule has 0 N–H and O–H groups in total. The topological polar surface area (TPSA) is 3.24 Å². The van der Waals surface area contributed by atoms with Gasteiger partial charge >= 0.3 is 0 Å². The molecule has 0 heterocycles. The third-order valence-electron chi connectivity index (χ3n) is 1.55. The number of hydrogen-bond acceptors (Lipinski definition) is 1. The van der Waals surface area contributed by atoms with Gasteiger partial charge in [-0.2, -0.15) is 0 Å². The second kappa shape index (κ2) is 3.80. The molecule has 0 aliphatic heterocycles. The first-order valence-electron chi connectivity index (χ1n) is 4.25. The Balaban J connectivity index is 3.99. The zero-order valence-electron chi connectivity index (χ0n) is 8.52. The molecule has 0 saturated heterocycles. The third kappa shape index (κ3) is 4.88. The van der Waals surface area contributed by atoms with Gasteiger partial charge in [0, 0.05) is 12.6 Å². The summed E-state index contributed by atoms with van der Waals surface area (Å²) < 4.78 is 0. The Labute approximate surface area is 71.1 Å². The summed E-state index contributed by atoms with van der Waals surface area (Å²) in [6, 6.07) is 0.562. The van der Waals surface area contributed by atoms with Crippen LogP contribution in [0.15, 0.2) is 12.8 Å². The highest BCUT2D eigenvalue weighted by Gasteiger charge is 2.15. The van der Waals surface area contributed by atoms with Crippen LogP contribution in [0.3, 0.4) is 0 Å². The molecule has 0 spiro atoms. The minimum atomic E-state index is 0.360. The molecule has 1 heteroatoms. The molecule has 11 heavy (non-hydrogen) atoms. The normalized spacial score (nSPS) is 11.8. The van der Waals surface area contributed by atoms with E-state index in [0.717, 1.165) is 6.54 Å². The first kappa shape index (κ1) is 10.5. The minimum absolute atomic E-state index is 0.360. The molecular weight excluding hydrogens is 134 g/mol. The van der Waals surface area contributed by atoms with Gasteiger partial charge in [0.05, 0.1) is 0 Å². The minimum Gasteiger partial charge on any atom is -0.375 e. The van der Waals surface area contributed by atoms with E-state index in [4.69, 9.17) is 0 Å². The van der Waals surface area contributed by atoms with Crippen molar-refractivity contribution in [2.75, 3.05) is 6.54 Å². The van der Waals surface area contributed by atoms with Gasteiger partial charge in [0.25, 0.3) is 0 Å². The summed E-state index contributed by atoms with van der Waals surface area (Å²) in [6.07, 6.45) is 1.93. The zero-order valence-corrected chi connectivity index (χ0v) is 8.52. The predicted octanol–water partition coefficient (Wildman–Crippen LogP) is 2.89. The van der Waals surface area contributed by atoms with Crippen molar-refractivity contribution in [3.05, 3.63) is 12.8 Å². The average molecular weight is 155 g/mol. The van der Waals surface area contributed by atoms with E-state index in [2.05, 4.69) is 46.1 Å². The van der Waals surface area contributed by atoms with Crippen LogP contribution in [0.2, 0.25) is 0 Å². The molecular formula is C10H21N. The zero-order chi connectivity index (χ0) is 9.07. The lowest BCUT2D eigenvalue weighted by Gasteiger charge is -2.31. The molecule has 0 aliphatic rings. The molecule has 0 unspecified atom stereocenters. The van der Waals surface area contributed by atoms with Crippen LogP contribution in [0.4, 0.5) is 0 Å². The molecule has 0 rings (SSSR count). The van der Waals surface area contributed by atoms with Crippen LogP contribution in [-0.4, -0.2) is 17.5 Å². The fourth-order valence-electron chi connectivity index (χ4n) is 1.01. The van der Waals surface area contributed by atoms with E-state index in [1.54, 1.807) is 0 Å². The number of nitrogens with zero attached hydrogens (tertiary/aromatic N) is 1. The fraction of sp³-hybridized carbons (Fsp3) is 0.800. The first-order chi connectivity index (χ1) is 4.87. The van der Waals surface area contributed by atoms with Crippen LogP contribution >= 0.6 is 0 Å². The Kier molecular flexibility index (Phi) is 3.64. The summed E-state index contributed by atoms with van der Waals surface area (Å²) in [5, 5.41) is 0. The smallest absolute Gasteiger partial charge is 0.0227 e.